The van der Waals surface area contributed by atoms with Crippen LogP contribution in [0.3, 0.4) is 0 Å². The number of methoxy groups -OCH3 is 1. The van der Waals surface area contributed by atoms with Crippen molar-refractivity contribution in [2.75, 3.05) is 33.8 Å². The predicted molar refractivity (Wildman–Crippen MR) is 110 cm³/mol. The van der Waals surface area contributed by atoms with Gasteiger partial charge in [-0.3, -0.25) is 9.59 Å². The molecule has 2 aromatic heterocycles. The summed E-state index contributed by atoms with van der Waals surface area (Å²) in [7, 11) is 3.01. The van der Waals surface area contributed by atoms with Crippen molar-refractivity contribution in [3.05, 3.63) is 44.8 Å². The molecule has 3 rings (SSSR count). The first-order valence-corrected chi connectivity index (χ1v) is 10.6. The minimum Gasteiger partial charge on any atom is -0.464 e. The fourth-order valence-electron chi connectivity index (χ4n) is 3.38. The van der Waals surface area contributed by atoms with Gasteiger partial charge in [-0.15, -0.1) is 11.3 Å². The van der Waals surface area contributed by atoms with Crippen molar-refractivity contribution < 1.29 is 19.1 Å². The molecule has 0 aliphatic carbocycles. The molecule has 0 spiro atoms. The van der Waals surface area contributed by atoms with Crippen LogP contribution in [0.1, 0.15) is 39.0 Å². The van der Waals surface area contributed by atoms with E-state index in [4.69, 9.17) is 4.74 Å². The van der Waals surface area contributed by atoms with Crippen molar-refractivity contribution in [2.45, 2.75) is 18.9 Å². The normalized spacial score (nSPS) is 14.8. The topological polar surface area (TPSA) is 71.8 Å². The standard InChI is InChI=1S/C19H22BrN3O4S/c1-21(18(25)15-5-6-16(20)28-15)12-17(24)22-10-7-13(8-11-22)23-9-3-4-14(23)19(26)27-2/h3-6,9,13H,7-8,10-12H2,1-2H3. The minimum absolute atomic E-state index is 0.0515. The highest BCUT2D eigenvalue weighted by Crippen LogP contribution is 2.26. The summed E-state index contributed by atoms with van der Waals surface area (Å²) in [5.41, 5.74) is 0.528. The molecular weight excluding hydrogens is 446 g/mol. The van der Waals surface area contributed by atoms with Crippen LogP contribution in [-0.4, -0.2) is 65.9 Å². The maximum atomic E-state index is 12.6. The molecule has 150 valence electrons. The lowest BCUT2D eigenvalue weighted by Crippen LogP contribution is -2.45. The number of hydrogen-bond acceptors (Lipinski definition) is 5. The smallest absolute Gasteiger partial charge is 0.354 e. The van der Waals surface area contributed by atoms with Gasteiger partial charge in [0.15, 0.2) is 0 Å². The van der Waals surface area contributed by atoms with Crippen LogP contribution in [0.15, 0.2) is 34.2 Å². The van der Waals surface area contributed by atoms with Gasteiger partial charge >= 0.3 is 5.97 Å². The summed E-state index contributed by atoms with van der Waals surface area (Å²) in [5.74, 6) is -0.580. The molecule has 0 unspecified atom stereocenters. The quantitative estimate of drug-likeness (QED) is 0.633. The number of amides is 2. The Balaban J connectivity index is 1.55. The van der Waals surface area contributed by atoms with E-state index in [1.165, 1.54) is 23.3 Å². The summed E-state index contributed by atoms with van der Waals surface area (Å²) >= 11 is 4.70. The van der Waals surface area contributed by atoms with Crippen LogP contribution < -0.4 is 0 Å². The molecule has 0 atom stereocenters. The van der Waals surface area contributed by atoms with Crippen LogP contribution in [0.5, 0.6) is 0 Å². The molecule has 2 amide bonds. The van der Waals surface area contributed by atoms with Gasteiger partial charge in [-0.05, 0) is 53.0 Å². The molecule has 0 aromatic carbocycles. The van der Waals surface area contributed by atoms with E-state index in [2.05, 4.69) is 15.9 Å². The fraction of sp³-hybridized carbons (Fsp3) is 0.421. The molecule has 0 N–H and O–H groups in total. The molecule has 1 aliphatic rings. The molecular formula is C19H22BrN3O4S. The monoisotopic (exact) mass is 467 g/mol. The second kappa shape index (κ2) is 8.91. The Morgan fingerprint density at radius 2 is 1.96 bits per heavy atom. The van der Waals surface area contributed by atoms with E-state index in [-0.39, 0.29) is 30.4 Å². The molecule has 3 heterocycles. The van der Waals surface area contributed by atoms with Crippen LogP contribution in [0.2, 0.25) is 0 Å². The number of carbonyl (C=O) groups is 3. The Bertz CT molecular complexity index is 870. The number of likely N-dealkylation sites (N-methyl/N-ethyl adjacent to an activating group) is 1. The zero-order valence-corrected chi connectivity index (χ0v) is 18.2. The molecule has 0 radical (unpaired) electrons. The first-order valence-electron chi connectivity index (χ1n) is 8.94. The molecule has 7 nitrogen and oxygen atoms in total. The van der Waals surface area contributed by atoms with Gasteiger partial charge in [-0.25, -0.2) is 4.79 Å². The number of carbonyl (C=O) groups excluding carboxylic acids is 3. The summed E-state index contributed by atoms with van der Waals surface area (Å²) < 4.78 is 7.64. The SMILES string of the molecule is COC(=O)c1cccn1C1CCN(C(=O)CN(C)C(=O)c2ccc(Br)s2)CC1. The van der Waals surface area contributed by atoms with Crippen molar-refractivity contribution in [1.82, 2.24) is 14.4 Å². The zero-order chi connectivity index (χ0) is 20.3. The second-order valence-corrected chi connectivity index (χ2v) is 9.13. The van der Waals surface area contributed by atoms with E-state index in [0.717, 1.165) is 16.6 Å². The van der Waals surface area contributed by atoms with E-state index >= 15 is 0 Å². The van der Waals surface area contributed by atoms with E-state index in [1.54, 1.807) is 24.1 Å². The molecule has 28 heavy (non-hydrogen) atoms. The van der Waals surface area contributed by atoms with E-state index in [0.29, 0.717) is 23.7 Å². The van der Waals surface area contributed by atoms with Crippen LogP contribution in [0, 0.1) is 0 Å². The molecule has 9 heteroatoms. The van der Waals surface area contributed by atoms with E-state index < -0.39 is 0 Å². The summed E-state index contributed by atoms with van der Waals surface area (Å²) in [6.07, 6.45) is 3.37. The highest BCUT2D eigenvalue weighted by molar-refractivity contribution is 9.11. The Labute approximate surface area is 176 Å². The fourth-order valence-corrected chi connectivity index (χ4v) is 4.76. The minimum atomic E-state index is -0.358. The first-order chi connectivity index (χ1) is 13.4. The van der Waals surface area contributed by atoms with Crippen LogP contribution in [-0.2, 0) is 9.53 Å². The summed E-state index contributed by atoms with van der Waals surface area (Å²) in [6.45, 7) is 1.24. The Morgan fingerprint density at radius 3 is 2.57 bits per heavy atom. The summed E-state index contributed by atoms with van der Waals surface area (Å²) in [5, 5.41) is 0. The number of esters is 1. The molecule has 1 saturated heterocycles. The number of nitrogens with zero attached hydrogens (tertiary/aromatic N) is 3. The van der Waals surface area contributed by atoms with E-state index in [1.807, 2.05) is 22.9 Å². The summed E-state index contributed by atoms with van der Waals surface area (Å²) in [6, 6.07) is 7.29. The maximum Gasteiger partial charge on any atom is 0.354 e. The van der Waals surface area contributed by atoms with Crippen molar-refractivity contribution in [3.8, 4) is 0 Å². The molecule has 0 bridgehead atoms. The number of hydrogen-bond donors (Lipinski definition) is 0. The van der Waals surface area contributed by atoms with Gasteiger partial charge < -0.3 is 19.1 Å². The number of rotatable bonds is 5. The Hall–Kier alpha value is -2.13. The number of aromatic nitrogens is 1. The van der Waals surface area contributed by atoms with Gasteiger partial charge in [-0.2, -0.15) is 0 Å². The molecule has 2 aromatic rings. The van der Waals surface area contributed by atoms with Gasteiger partial charge in [0.05, 0.1) is 22.3 Å². The number of likely N-dealkylation sites (tertiary alicyclic amines) is 1. The Kier molecular flexibility index (Phi) is 6.56. The molecule has 0 saturated carbocycles. The third-order valence-electron chi connectivity index (χ3n) is 4.89. The third-order valence-corrected chi connectivity index (χ3v) is 6.50. The third kappa shape index (κ3) is 4.47. The highest BCUT2D eigenvalue weighted by Gasteiger charge is 2.27. The lowest BCUT2D eigenvalue weighted by molar-refractivity contribution is -0.133. The largest absolute Gasteiger partial charge is 0.464 e. The average Bonchev–Trinajstić information content (AvgIpc) is 3.36. The number of piperidine rings is 1. The van der Waals surface area contributed by atoms with Gasteiger partial charge in [0.1, 0.15) is 5.69 Å². The second-order valence-electron chi connectivity index (χ2n) is 6.67. The first kappa shape index (κ1) is 20.6. The maximum absolute atomic E-state index is 12.6. The molecule has 1 fully saturated rings. The predicted octanol–water partition coefficient (Wildman–Crippen LogP) is 3.03. The number of thiophene rings is 1. The lowest BCUT2D eigenvalue weighted by Gasteiger charge is -2.34. The van der Waals surface area contributed by atoms with Crippen LogP contribution in [0.25, 0.3) is 0 Å². The van der Waals surface area contributed by atoms with Crippen molar-refractivity contribution in [3.63, 3.8) is 0 Å². The number of ether oxygens (including phenoxy) is 1. The zero-order valence-electron chi connectivity index (χ0n) is 15.8. The van der Waals surface area contributed by atoms with Crippen molar-refractivity contribution >= 4 is 45.1 Å². The average molecular weight is 468 g/mol. The van der Waals surface area contributed by atoms with Gasteiger partial charge in [0.25, 0.3) is 5.91 Å². The van der Waals surface area contributed by atoms with Crippen LogP contribution in [0.4, 0.5) is 0 Å². The van der Waals surface area contributed by atoms with Crippen molar-refractivity contribution in [2.24, 2.45) is 0 Å². The van der Waals surface area contributed by atoms with Gasteiger partial charge in [0.2, 0.25) is 5.91 Å². The number of halogens is 1. The van der Waals surface area contributed by atoms with Gasteiger partial charge in [0, 0.05) is 32.4 Å². The summed E-state index contributed by atoms with van der Waals surface area (Å²) in [4.78, 5) is 40.7. The van der Waals surface area contributed by atoms with E-state index in [9.17, 15) is 14.4 Å². The van der Waals surface area contributed by atoms with Crippen LogP contribution >= 0.6 is 27.3 Å². The van der Waals surface area contributed by atoms with Gasteiger partial charge in [-0.1, -0.05) is 0 Å². The molecule has 1 aliphatic heterocycles. The Morgan fingerprint density at radius 1 is 1.25 bits per heavy atom. The highest BCUT2D eigenvalue weighted by atomic mass is 79.9. The van der Waals surface area contributed by atoms with Crippen molar-refractivity contribution in [1.29, 1.82) is 0 Å². The lowest BCUT2D eigenvalue weighted by atomic mass is 10.0.